The highest BCUT2D eigenvalue weighted by Gasteiger charge is 2.22. The van der Waals surface area contributed by atoms with E-state index in [1.165, 1.54) is 27.4 Å². The Bertz CT molecular complexity index is 3510. The van der Waals surface area contributed by atoms with Crippen LogP contribution in [0.15, 0.2) is 221 Å². The Hall–Kier alpha value is -8.15. The zero-order chi connectivity index (χ0) is 39.6. The first-order valence-corrected chi connectivity index (χ1v) is 20.2. The van der Waals surface area contributed by atoms with Crippen LogP contribution in [0.5, 0.6) is 0 Å². The zero-order valence-electron chi connectivity index (χ0n) is 32.4. The number of benzene rings is 9. The van der Waals surface area contributed by atoms with Crippen LogP contribution in [0.25, 0.3) is 94.2 Å². The van der Waals surface area contributed by atoms with Crippen molar-refractivity contribution in [1.82, 2.24) is 9.55 Å². The first kappa shape index (κ1) is 33.9. The quantitative estimate of drug-likeness (QED) is 0.162. The Kier molecular flexibility index (Phi) is 7.78. The Morgan fingerprint density at radius 3 is 1.72 bits per heavy atom. The number of aromatic nitrogens is 2. The van der Waals surface area contributed by atoms with Crippen molar-refractivity contribution in [1.29, 1.82) is 0 Å². The highest BCUT2D eigenvalue weighted by molar-refractivity contribution is 6.18. The number of oxazole rings is 1. The van der Waals surface area contributed by atoms with Crippen molar-refractivity contribution >= 4 is 71.9 Å². The van der Waals surface area contributed by atoms with Crippen LogP contribution in [-0.2, 0) is 0 Å². The van der Waals surface area contributed by atoms with Gasteiger partial charge in [-0.25, -0.2) is 4.98 Å². The van der Waals surface area contributed by atoms with Gasteiger partial charge in [-0.1, -0.05) is 121 Å². The standard InChI is InChI=1S/C55H35N3O2/c1-4-13-36(14-5-1)37-23-28-42(29-24-37)57(48-21-12-22-49-52(48)44-19-10-11-20-47(44)58(49)41-17-8-3-9-18-41)43-30-25-38(26-31-43)40-27-33-50-45(35-40)53-51(59-50)34-32-46-54(53)60-55(56-46)39-15-6-2-7-16-39/h1-35H. The van der Waals surface area contributed by atoms with Gasteiger partial charge in [0, 0.05) is 38.8 Å². The van der Waals surface area contributed by atoms with Crippen LogP contribution in [-0.4, -0.2) is 9.55 Å². The molecule has 3 aromatic heterocycles. The molecular formula is C55H35N3O2. The minimum absolute atomic E-state index is 0.596. The van der Waals surface area contributed by atoms with E-state index >= 15 is 0 Å². The molecule has 0 unspecified atom stereocenters. The second-order valence-corrected chi connectivity index (χ2v) is 15.1. The number of fused-ring (bicyclic) bond motifs is 8. The molecule has 0 N–H and O–H groups in total. The Morgan fingerprint density at radius 1 is 0.400 bits per heavy atom. The van der Waals surface area contributed by atoms with Gasteiger partial charge in [0.1, 0.15) is 16.7 Å². The van der Waals surface area contributed by atoms with E-state index in [2.05, 4.69) is 179 Å². The van der Waals surface area contributed by atoms with E-state index in [0.29, 0.717) is 5.89 Å². The smallest absolute Gasteiger partial charge is 0.227 e. The molecule has 12 aromatic rings. The predicted octanol–water partition coefficient (Wildman–Crippen LogP) is 15.3. The van der Waals surface area contributed by atoms with Crippen LogP contribution < -0.4 is 4.90 Å². The Balaban J connectivity index is 1.00. The lowest BCUT2D eigenvalue weighted by Crippen LogP contribution is -2.10. The van der Waals surface area contributed by atoms with Crippen LogP contribution in [0.2, 0.25) is 0 Å². The lowest BCUT2D eigenvalue weighted by atomic mass is 10.0. The van der Waals surface area contributed by atoms with Gasteiger partial charge < -0.3 is 18.3 Å². The molecule has 0 bridgehead atoms. The molecule has 0 aliphatic carbocycles. The van der Waals surface area contributed by atoms with Crippen molar-refractivity contribution in [3.8, 4) is 39.4 Å². The van der Waals surface area contributed by atoms with E-state index in [4.69, 9.17) is 13.8 Å². The highest BCUT2D eigenvalue weighted by Crippen LogP contribution is 2.45. The first-order chi connectivity index (χ1) is 29.7. The van der Waals surface area contributed by atoms with Crippen molar-refractivity contribution in [2.45, 2.75) is 0 Å². The molecule has 0 saturated heterocycles. The first-order valence-electron chi connectivity index (χ1n) is 20.2. The molecule has 5 nitrogen and oxygen atoms in total. The average molecular weight is 770 g/mol. The second kappa shape index (κ2) is 13.8. The Labute approximate surface area is 345 Å². The molecule has 0 radical (unpaired) electrons. The van der Waals surface area contributed by atoms with Crippen LogP contribution in [0.1, 0.15) is 0 Å². The van der Waals surface area contributed by atoms with Gasteiger partial charge in [-0.15, -0.1) is 0 Å². The van der Waals surface area contributed by atoms with Crippen LogP contribution in [0.4, 0.5) is 17.1 Å². The number of furan rings is 1. The second-order valence-electron chi connectivity index (χ2n) is 15.1. The molecular weight excluding hydrogens is 735 g/mol. The summed E-state index contributed by atoms with van der Waals surface area (Å²) in [7, 11) is 0. The summed E-state index contributed by atoms with van der Waals surface area (Å²) in [5, 5.41) is 4.32. The summed E-state index contributed by atoms with van der Waals surface area (Å²) < 4.78 is 15.2. The van der Waals surface area contributed by atoms with Gasteiger partial charge in [0.05, 0.1) is 22.1 Å². The molecule has 0 aliphatic heterocycles. The third-order valence-electron chi connectivity index (χ3n) is 11.6. The van der Waals surface area contributed by atoms with Crippen LogP contribution in [0, 0.1) is 0 Å². The van der Waals surface area contributed by atoms with Gasteiger partial charge in [-0.3, -0.25) is 0 Å². The van der Waals surface area contributed by atoms with Crippen LogP contribution >= 0.6 is 0 Å². The molecule has 282 valence electrons. The van der Waals surface area contributed by atoms with Crippen molar-refractivity contribution in [2.75, 3.05) is 4.90 Å². The van der Waals surface area contributed by atoms with Crippen molar-refractivity contribution in [3.05, 3.63) is 212 Å². The number of hydrogen-bond acceptors (Lipinski definition) is 4. The summed E-state index contributed by atoms with van der Waals surface area (Å²) in [6.45, 7) is 0. The van der Waals surface area contributed by atoms with Gasteiger partial charge in [0.25, 0.3) is 0 Å². The number of para-hydroxylation sites is 2. The van der Waals surface area contributed by atoms with E-state index in [1.807, 2.05) is 42.5 Å². The van der Waals surface area contributed by atoms with Crippen molar-refractivity contribution in [2.24, 2.45) is 0 Å². The fraction of sp³-hybridized carbons (Fsp3) is 0. The van der Waals surface area contributed by atoms with Gasteiger partial charge in [-0.2, -0.15) is 0 Å². The van der Waals surface area contributed by atoms with Gasteiger partial charge >= 0.3 is 0 Å². The summed E-state index contributed by atoms with van der Waals surface area (Å²) in [4.78, 5) is 7.22. The molecule has 0 fully saturated rings. The minimum Gasteiger partial charge on any atom is -0.456 e. The SMILES string of the molecule is c1ccc(-c2ccc(N(c3ccc(-c4ccc5oc6ccc7nc(-c8ccccc8)oc7c6c5c4)cc3)c3cccc4c3c3ccccc3n4-c3ccccc3)cc2)cc1. The number of anilines is 3. The maximum atomic E-state index is 6.44. The fourth-order valence-electron chi connectivity index (χ4n) is 8.84. The lowest BCUT2D eigenvalue weighted by molar-refractivity contribution is 0.622. The molecule has 9 aromatic carbocycles. The van der Waals surface area contributed by atoms with E-state index in [-0.39, 0.29) is 0 Å². The van der Waals surface area contributed by atoms with Crippen molar-refractivity contribution < 1.29 is 8.83 Å². The molecule has 0 atom stereocenters. The summed E-state index contributed by atoms with van der Waals surface area (Å²) in [5.41, 5.74) is 15.3. The third kappa shape index (κ3) is 5.52. The van der Waals surface area contributed by atoms with E-state index < -0.39 is 0 Å². The number of nitrogens with zero attached hydrogens (tertiary/aromatic N) is 3. The molecule has 3 heterocycles. The highest BCUT2D eigenvalue weighted by atomic mass is 16.4. The molecule has 0 aliphatic rings. The fourth-order valence-corrected chi connectivity index (χ4v) is 8.84. The normalized spacial score (nSPS) is 11.7. The van der Waals surface area contributed by atoms with Crippen LogP contribution in [0.3, 0.4) is 0 Å². The van der Waals surface area contributed by atoms with Gasteiger partial charge in [0.2, 0.25) is 5.89 Å². The number of rotatable bonds is 7. The third-order valence-corrected chi connectivity index (χ3v) is 11.6. The maximum absolute atomic E-state index is 6.44. The summed E-state index contributed by atoms with van der Waals surface area (Å²) in [6.07, 6.45) is 0. The topological polar surface area (TPSA) is 47.3 Å². The van der Waals surface area contributed by atoms with Crippen molar-refractivity contribution in [3.63, 3.8) is 0 Å². The molecule has 0 spiro atoms. The van der Waals surface area contributed by atoms with Gasteiger partial charge in [-0.05, 0) is 113 Å². The summed E-state index contributed by atoms with van der Waals surface area (Å²) in [6, 6.07) is 74.7. The monoisotopic (exact) mass is 769 g/mol. The van der Waals surface area contributed by atoms with E-state index in [0.717, 1.165) is 78.0 Å². The summed E-state index contributed by atoms with van der Waals surface area (Å²) >= 11 is 0. The van der Waals surface area contributed by atoms with E-state index in [1.54, 1.807) is 0 Å². The molecule has 0 saturated carbocycles. The lowest BCUT2D eigenvalue weighted by Gasteiger charge is -2.27. The predicted molar refractivity (Wildman–Crippen MR) is 247 cm³/mol. The molecule has 0 amide bonds. The van der Waals surface area contributed by atoms with Gasteiger partial charge in [0.15, 0.2) is 5.58 Å². The molecule has 60 heavy (non-hydrogen) atoms. The average Bonchev–Trinajstić information content (AvgIpc) is 4.02. The van der Waals surface area contributed by atoms with E-state index in [9.17, 15) is 0 Å². The summed E-state index contributed by atoms with van der Waals surface area (Å²) in [5.74, 6) is 0.596. The Morgan fingerprint density at radius 2 is 0.983 bits per heavy atom. The molecule has 12 rings (SSSR count). The largest absolute Gasteiger partial charge is 0.456 e. The zero-order valence-corrected chi connectivity index (χ0v) is 32.4. The number of hydrogen-bond donors (Lipinski definition) is 0. The molecule has 5 heteroatoms. The maximum Gasteiger partial charge on any atom is 0.227 e. The minimum atomic E-state index is 0.596.